The molecule has 0 atom stereocenters. The lowest BCUT2D eigenvalue weighted by Gasteiger charge is -2.10. The van der Waals surface area contributed by atoms with E-state index in [1.807, 2.05) is 56.3 Å². The van der Waals surface area contributed by atoms with Gasteiger partial charge in [0, 0.05) is 18.5 Å². The van der Waals surface area contributed by atoms with E-state index in [1.54, 1.807) is 0 Å². The van der Waals surface area contributed by atoms with Crippen LogP contribution >= 0.6 is 0 Å². The maximum absolute atomic E-state index is 12.4. The van der Waals surface area contributed by atoms with Crippen LogP contribution in [0, 0.1) is 0 Å². The number of rotatable bonds is 11. The van der Waals surface area contributed by atoms with Gasteiger partial charge < -0.3 is 11.1 Å². The van der Waals surface area contributed by atoms with E-state index in [1.165, 1.54) is 11.8 Å². The maximum Gasteiger partial charge on any atom is 0.162 e. The van der Waals surface area contributed by atoms with Crippen molar-refractivity contribution >= 4 is 16.6 Å². The third-order valence-corrected chi connectivity index (χ3v) is 4.88. The van der Waals surface area contributed by atoms with Gasteiger partial charge in [0.1, 0.15) is 0 Å². The molecule has 0 aliphatic carbocycles. The summed E-state index contributed by atoms with van der Waals surface area (Å²) < 4.78 is 0. The summed E-state index contributed by atoms with van der Waals surface area (Å²) in [5, 5.41) is 5.69. The van der Waals surface area contributed by atoms with Gasteiger partial charge in [0.15, 0.2) is 5.78 Å². The Morgan fingerprint density at radius 2 is 1.63 bits per heavy atom. The molecule has 2 rings (SSSR count). The van der Waals surface area contributed by atoms with E-state index < -0.39 is 0 Å². The molecule has 0 unspecified atom stereocenters. The highest BCUT2D eigenvalue weighted by molar-refractivity contribution is 5.99. The Morgan fingerprint density at radius 3 is 2.37 bits per heavy atom. The predicted molar refractivity (Wildman–Crippen MR) is 116 cm³/mol. The first-order valence-corrected chi connectivity index (χ1v) is 10.00. The zero-order valence-corrected chi connectivity index (χ0v) is 16.6. The summed E-state index contributed by atoms with van der Waals surface area (Å²) in [6, 6.07) is 14.2. The molecule has 2 aromatic carbocycles. The number of carbonyl (C=O) groups is 1. The normalized spacial score (nSPS) is 12.4. The Balaban J connectivity index is 1.61. The van der Waals surface area contributed by atoms with Gasteiger partial charge in [0.25, 0.3) is 0 Å². The lowest BCUT2D eigenvalue weighted by atomic mass is 10.0. The van der Waals surface area contributed by atoms with Crippen LogP contribution in [-0.4, -0.2) is 12.3 Å². The summed E-state index contributed by atoms with van der Waals surface area (Å²) >= 11 is 0. The monoisotopic (exact) mass is 364 g/mol. The van der Waals surface area contributed by atoms with Crippen molar-refractivity contribution in [2.24, 2.45) is 5.73 Å². The molecule has 2 aromatic rings. The maximum atomic E-state index is 12.4. The summed E-state index contributed by atoms with van der Waals surface area (Å²) in [6.07, 6.45) is 10.1. The molecule has 3 heteroatoms. The van der Waals surface area contributed by atoms with E-state index in [4.69, 9.17) is 5.73 Å². The van der Waals surface area contributed by atoms with Crippen molar-refractivity contribution < 1.29 is 4.79 Å². The predicted octanol–water partition coefficient (Wildman–Crippen LogP) is 5.72. The molecule has 144 valence electrons. The highest BCUT2D eigenvalue weighted by atomic mass is 16.1. The van der Waals surface area contributed by atoms with Gasteiger partial charge in [0.2, 0.25) is 0 Å². The molecule has 3 nitrogen and oxygen atoms in total. The number of carbonyl (C=O) groups excluding carboxylic acids is 1. The van der Waals surface area contributed by atoms with Crippen molar-refractivity contribution in [2.45, 2.75) is 52.4 Å². The average molecular weight is 365 g/mol. The van der Waals surface area contributed by atoms with E-state index in [9.17, 15) is 4.79 Å². The lowest BCUT2D eigenvalue weighted by Crippen LogP contribution is -2.19. The third-order valence-electron chi connectivity index (χ3n) is 4.88. The summed E-state index contributed by atoms with van der Waals surface area (Å²) in [5.41, 5.74) is 8.55. The first-order valence-electron chi connectivity index (χ1n) is 10.00. The zero-order chi connectivity index (χ0) is 19.5. The van der Waals surface area contributed by atoms with Gasteiger partial charge in [0.05, 0.1) is 11.4 Å². The van der Waals surface area contributed by atoms with Gasteiger partial charge in [-0.05, 0) is 43.5 Å². The van der Waals surface area contributed by atoms with E-state index in [0.717, 1.165) is 54.6 Å². The van der Waals surface area contributed by atoms with Gasteiger partial charge in [-0.25, -0.2) is 0 Å². The van der Waals surface area contributed by atoms with Gasteiger partial charge in [-0.2, -0.15) is 0 Å². The molecule has 0 saturated carbocycles. The topological polar surface area (TPSA) is 55.1 Å². The molecule has 0 heterocycles. The molecule has 0 fully saturated rings. The summed E-state index contributed by atoms with van der Waals surface area (Å²) in [6.45, 7) is 4.87. The van der Waals surface area contributed by atoms with Gasteiger partial charge in [-0.1, -0.05) is 67.8 Å². The number of hydrogen-bond donors (Lipinski definition) is 2. The van der Waals surface area contributed by atoms with Gasteiger partial charge in [-0.3, -0.25) is 4.79 Å². The first-order chi connectivity index (χ1) is 13.2. The fourth-order valence-corrected chi connectivity index (χ4v) is 3.20. The molecule has 0 bridgehead atoms. The molecule has 0 radical (unpaired) electrons. The average Bonchev–Trinajstić information content (AvgIpc) is 2.71. The number of fused-ring (bicyclic) bond motifs is 1. The molecule has 3 N–H and O–H groups in total. The number of Topliss-reactive ketones (excluding diaryl/α,β-unsaturated/α-hetero) is 1. The minimum Gasteiger partial charge on any atom is -0.397 e. The van der Waals surface area contributed by atoms with Crippen LogP contribution < -0.4 is 11.1 Å². The quantitative estimate of drug-likeness (QED) is 0.305. The summed E-state index contributed by atoms with van der Waals surface area (Å²) in [5.74, 6) is 0.252. The fourth-order valence-electron chi connectivity index (χ4n) is 3.20. The number of ketones is 1. The van der Waals surface area contributed by atoms with E-state index in [2.05, 4.69) is 17.4 Å². The highest BCUT2D eigenvalue weighted by Gasteiger charge is 2.06. The second kappa shape index (κ2) is 11.2. The minimum atomic E-state index is 0.252. The molecule has 0 aliphatic heterocycles. The van der Waals surface area contributed by atoms with Crippen LogP contribution in [-0.2, 0) is 0 Å². The molecule has 27 heavy (non-hydrogen) atoms. The summed E-state index contributed by atoms with van der Waals surface area (Å²) in [7, 11) is 0. The Morgan fingerprint density at radius 1 is 0.926 bits per heavy atom. The highest BCUT2D eigenvalue weighted by Crippen LogP contribution is 2.18. The minimum absolute atomic E-state index is 0.252. The zero-order valence-electron chi connectivity index (χ0n) is 16.6. The number of unbranched alkanes of at least 4 members (excludes halogenated alkanes) is 4. The van der Waals surface area contributed by atoms with E-state index in [-0.39, 0.29) is 5.78 Å². The van der Waals surface area contributed by atoms with E-state index >= 15 is 0 Å². The van der Waals surface area contributed by atoms with Crippen LogP contribution in [0.15, 0.2) is 66.0 Å². The SMILES string of the molecule is C/C=C(N)\C(=C/C)NCCCCCCCC(=O)c1ccc2ccccc2c1. The number of allylic oxidation sites excluding steroid dienone is 2. The molecular formula is C24H32N2O. The Labute approximate surface area is 163 Å². The smallest absolute Gasteiger partial charge is 0.162 e. The largest absolute Gasteiger partial charge is 0.397 e. The number of benzene rings is 2. The van der Waals surface area contributed by atoms with Crippen LogP contribution in [0.1, 0.15) is 62.7 Å². The van der Waals surface area contributed by atoms with Crippen molar-refractivity contribution in [3.05, 3.63) is 71.6 Å². The van der Waals surface area contributed by atoms with Crippen molar-refractivity contribution in [2.75, 3.05) is 6.54 Å². The molecule has 0 saturated heterocycles. The second-order valence-electron chi connectivity index (χ2n) is 6.88. The first kappa shape index (κ1) is 20.8. The molecule has 0 amide bonds. The Hall–Kier alpha value is -2.55. The molecule has 0 aromatic heterocycles. The second-order valence-corrected chi connectivity index (χ2v) is 6.88. The number of hydrogen-bond acceptors (Lipinski definition) is 3. The molecular weight excluding hydrogens is 332 g/mol. The van der Waals surface area contributed by atoms with Crippen LogP contribution in [0.5, 0.6) is 0 Å². The molecule has 0 spiro atoms. The van der Waals surface area contributed by atoms with Crippen LogP contribution in [0.25, 0.3) is 10.8 Å². The standard InChI is InChI=1S/C24H32N2O/c1-3-22(25)23(4-2)26-17-11-7-5-6-8-14-24(27)21-16-15-19-12-9-10-13-20(19)18-21/h3-4,9-10,12-13,15-16,18,26H,5-8,11,14,17,25H2,1-2H3/b22-3+,23-4+. The van der Waals surface area contributed by atoms with Crippen LogP contribution in [0.2, 0.25) is 0 Å². The third kappa shape index (κ3) is 6.59. The van der Waals surface area contributed by atoms with Gasteiger partial charge in [-0.15, -0.1) is 0 Å². The van der Waals surface area contributed by atoms with Crippen molar-refractivity contribution in [3.63, 3.8) is 0 Å². The molecule has 0 aliphatic rings. The lowest BCUT2D eigenvalue weighted by molar-refractivity contribution is 0.0979. The van der Waals surface area contributed by atoms with Crippen LogP contribution in [0.3, 0.4) is 0 Å². The number of nitrogens with one attached hydrogen (secondary N) is 1. The number of nitrogens with two attached hydrogens (primary N) is 1. The van der Waals surface area contributed by atoms with Crippen molar-refractivity contribution in [1.29, 1.82) is 0 Å². The van der Waals surface area contributed by atoms with Crippen molar-refractivity contribution in [1.82, 2.24) is 5.32 Å². The van der Waals surface area contributed by atoms with E-state index in [0.29, 0.717) is 6.42 Å². The van der Waals surface area contributed by atoms with Gasteiger partial charge >= 0.3 is 0 Å². The van der Waals surface area contributed by atoms with Crippen LogP contribution in [0.4, 0.5) is 0 Å². The Kier molecular flexibility index (Phi) is 8.63. The fraction of sp³-hybridized carbons (Fsp3) is 0.375. The van der Waals surface area contributed by atoms with Crippen molar-refractivity contribution in [3.8, 4) is 0 Å². The summed E-state index contributed by atoms with van der Waals surface area (Å²) in [4.78, 5) is 12.4. The Bertz CT molecular complexity index is 805.